The molecule has 0 aliphatic heterocycles. The van der Waals surface area contributed by atoms with Crippen molar-refractivity contribution >= 4 is 33.7 Å². The lowest BCUT2D eigenvalue weighted by atomic mass is 9.98. The van der Waals surface area contributed by atoms with Crippen molar-refractivity contribution in [3.05, 3.63) is 69.7 Å². The summed E-state index contributed by atoms with van der Waals surface area (Å²) in [6.07, 6.45) is -0.775. The van der Waals surface area contributed by atoms with E-state index >= 15 is 0 Å². The van der Waals surface area contributed by atoms with Crippen LogP contribution in [0.5, 0.6) is 0 Å². The Kier molecular flexibility index (Phi) is 6.08. The maximum absolute atomic E-state index is 12.6. The van der Waals surface area contributed by atoms with Crippen molar-refractivity contribution in [3.8, 4) is 0 Å². The first-order valence-corrected chi connectivity index (χ1v) is 7.94. The molecule has 2 aromatic rings. The Bertz CT molecular complexity index is 759. The summed E-state index contributed by atoms with van der Waals surface area (Å²) in [5, 5.41) is 0. The van der Waals surface area contributed by atoms with Crippen molar-refractivity contribution in [3.63, 3.8) is 0 Å². The zero-order chi connectivity index (χ0) is 17.5. The molecule has 6 nitrogen and oxygen atoms in total. The first-order valence-electron chi connectivity index (χ1n) is 7.15. The van der Waals surface area contributed by atoms with Gasteiger partial charge in [0.05, 0.1) is 12.2 Å². The molecule has 0 fully saturated rings. The molecule has 0 spiro atoms. The minimum absolute atomic E-state index is 0.155. The highest BCUT2D eigenvalue weighted by atomic mass is 79.9. The van der Waals surface area contributed by atoms with Crippen LogP contribution in [0.15, 0.2) is 53.0 Å². The van der Waals surface area contributed by atoms with Gasteiger partial charge in [0.25, 0.3) is 5.91 Å². The molecule has 2 rings (SSSR count). The SMILES string of the molecule is CCOC(=O)NNC(=O)c1ccccc1C(=O)c1ccc(Br)cc1. The van der Waals surface area contributed by atoms with Gasteiger partial charge in [-0.25, -0.2) is 10.2 Å². The number of amides is 2. The molecule has 0 heterocycles. The molecule has 0 bridgehead atoms. The minimum atomic E-state index is -0.775. The van der Waals surface area contributed by atoms with Gasteiger partial charge in [0, 0.05) is 15.6 Å². The van der Waals surface area contributed by atoms with E-state index in [-0.39, 0.29) is 23.5 Å². The number of hydrogen-bond donors (Lipinski definition) is 2. The van der Waals surface area contributed by atoms with Crippen LogP contribution in [-0.2, 0) is 4.74 Å². The van der Waals surface area contributed by atoms with Crippen LogP contribution in [0.25, 0.3) is 0 Å². The Hall–Kier alpha value is -2.67. The molecule has 24 heavy (non-hydrogen) atoms. The average Bonchev–Trinajstić information content (AvgIpc) is 2.60. The molecular formula is C17H15BrN2O4. The van der Waals surface area contributed by atoms with Crippen molar-refractivity contribution in [2.24, 2.45) is 0 Å². The van der Waals surface area contributed by atoms with Crippen LogP contribution >= 0.6 is 15.9 Å². The van der Waals surface area contributed by atoms with E-state index in [1.54, 1.807) is 49.4 Å². The molecule has 0 saturated carbocycles. The number of hydrazine groups is 1. The van der Waals surface area contributed by atoms with Gasteiger partial charge in [0.2, 0.25) is 0 Å². The maximum Gasteiger partial charge on any atom is 0.426 e. The summed E-state index contributed by atoms with van der Waals surface area (Å²) >= 11 is 3.31. The molecule has 7 heteroatoms. The maximum atomic E-state index is 12.6. The van der Waals surface area contributed by atoms with Crippen LogP contribution in [-0.4, -0.2) is 24.4 Å². The molecular weight excluding hydrogens is 376 g/mol. The summed E-state index contributed by atoms with van der Waals surface area (Å²) in [7, 11) is 0. The van der Waals surface area contributed by atoms with E-state index in [1.165, 1.54) is 6.07 Å². The van der Waals surface area contributed by atoms with Gasteiger partial charge >= 0.3 is 6.09 Å². The number of nitrogens with one attached hydrogen (secondary N) is 2. The van der Waals surface area contributed by atoms with Crippen molar-refractivity contribution in [2.45, 2.75) is 6.92 Å². The predicted octanol–water partition coefficient (Wildman–Crippen LogP) is 3.07. The molecule has 0 saturated heterocycles. The van der Waals surface area contributed by atoms with Gasteiger partial charge in [-0.3, -0.25) is 15.0 Å². The summed E-state index contributed by atoms with van der Waals surface area (Å²) in [5.74, 6) is -0.895. The fourth-order valence-corrected chi connectivity index (χ4v) is 2.24. The smallest absolute Gasteiger partial charge is 0.426 e. The third kappa shape index (κ3) is 4.42. The number of ketones is 1. The van der Waals surface area contributed by atoms with Crippen LogP contribution in [0.2, 0.25) is 0 Å². The Balaban J connectivity index is 2.20. The van der Waals surface area contributed by atoms with E-state index in [2.05, 4.69) is 31.5 Å². The molecule has 0 unspecified atom stereocenters. The lowest BCUT2D eigenvalue weighted by Gasteiger charge is -2.10. The van der Waals surface area contributed by atoms with Gasteiger partial charge in [-0.2, -0.15) is 0 Å². The van der Waals surface area contributed by atoms with E-state index in [1.807, 2.05) is 0 Å². The highest BCUT2D eigenvalue weighted by molar-refractivity contribution is 9.10. The van der Waals surface area contributed by atoms with E-state index in [0.29, 0.717) is 5.56 Å². The first kappa shape index (κ1) is 17.7. The zero-order valence-corrected chi connectivity index (χ0v) is 14.4. The number of carbonyl (C=O) groups excluding carboxylic acids is 3. The van der Waals surface area contributed by atoms with Crippen LogP contribution in [0.4, 0.5) is 4.79 Å². The number of carbonyl (C=O) groups is 3. The van der Waals surface area contributed by atoms with E-state index in [4.69, 9.17) is 0 Å². The number of ether oxygens (including phenoxy) is 1. The van der Waals surface area contributed by atoms with Crippen molar-refractivity contribution in [1.29, 1.82) is 0 Å². The topological polar surface area (TPSA) is 84.5 Å². The van der Waals surface area contributed by atoms with E-state index in [9.17, 15) is 14.4 Å². The van der Waals surface area contributed by atoms with E-state index in [0.717, 1.165) is 4.47 Å². The van der Waals surface area contributed by atoms with Crippen LogP contribution in [0.3, 0.4) is 0 Å². The largest absolute Gasteiger partial charge is 0.449 e. The van der Waals surface area contributed by atoms with Crippen LogP contribution < -0.4 is 10.9 Å². The lowest BCUT2D eigenvalue weighted by molar-refractivity contribution is 0.0905. The van der Waals surface area contributed by atoms with Gasteiger partial charge < -0.3 is 4.74 Å². The molecule has 2 amide bonds. The third-order valence-corrected chi connectivity index (χ3v) is 3.60. The quantitative estimate of drug-likeness (QED) is 0.620. The number of benzene rings is 2. The van der Waals surface area contributed by atoms with Gasteiger partial charge in [-0.05, 0) is 37.3 Å². The standard InChI is InChI=1S/C17H15BrN2O4/c1-2-24-17(23)20-19-16(22)14-6-4-3-5-13(14)15(21)11-7-9-12(18)10-8-11/h3-10H,2H2,1H3,(H,19,22)(H,20,23). The Morgan fingerprint density at radius 3 is 2.21 bits per heavy atom. The third-order valence-electron chi connectivity index (χ3n) is 3.08. The number of rotatable bonds is 4. The normalized spacial score (nSPS) is 9.92. The highest BCUT2D eigenvalue weighted by Gasteiger charge is 2.18. The van der Waals surface area contributed by atoms with Gasteiger partial charge in [-0.15, -0.1) is 0 Å². The lowest BCUT2D eigenvalue weighted by Crippen LogP contribution is -2.42. The van der Waals surface area contributed by atoms with Crippen molar-refractivity contribution in [1.82, 2.24) is 10.9 Å². The summed E-state index contributed by atoms with van der Waals surface area (Å²) < 4.78 is 5.50. The molecule has 2 N–H and O–H groups in total. The molecule has 0 aliphatic carbocycles. The van der Waals surface area contributed by atoms with Gasteiger partial charge in [0.15, 0.2) is 5.78 Å². The number of hydrogen-bond acceptors (Lipinski definition) is 4. The monoisotopic (exact) mass is 390 g/mol. The van der Waals surface area contributed by atoms with Crippen LogP contribution in [0, 0.1) is 0 Å². The number of halogens is 1. The molecule has 0 aliphatic rings. The van der Waals surface area contributed by atoms with Gasteiger partial charge in [0.1, 0.15) is 0 Å². The fraction of sp³-hybridized carbons (Fsp3) is 0.118. The second-order valence-electron chi connectivity index (χ2n) is 4.68. The second-order valence-corrected chi connectivity index (χ2v) is 5.60. The van der Waals surface area contributed by atoms with Gasteiger partial charge in [-0.1, -0.05) is 34.1 Å². The molecule has 2 aromatic carbocycles. The second kappa shape index (κ2) is 8.26. The first-order chi connectivity index (χ1) is 11.5. The molecule has 124 valence electrons. The summed E-state index contributed by atoms with van der Waals surface area (Å²) in [6.45, 7) is 1.83. The van der Waals surface area contributed by atoms with Crippen molar-refractivity contribution in [2.75, 3.05) is 6.61 Å². The zero-order valence-electron chi connectivity index (χ0n) is 12.8. The average molecular weight is 391 g/mol. The Labute approximate surface area is 147 Å². The summed E-state index contributed by atoms with van der Waals surface area (Å²) in [6, 6.07) is 13.2. The Morgan fingerprint density at radius 1 is 0.958 bits per heavy atom. The van der Waals surface area contributed by atoms with Crippen molar-refractivity contribution < 1.29 is 19.1 Å². The predicted molar refractivity (Wildman–Crippen MR) is 91.6 cm³/mol. The molecule has 0 aromatic heterocycles. The summed E-state index contributed by atoms with van der Waals surface area (Å²) in [4.78, 5) is 36.1. The highest BCUT2D eigenvalue weighted by Crippen LogP contribution is 2.17. The fourth-order valence-electron chi connectivity index (χ4n) is 1.98. The minimum Gasteiger partial charge on any atom is -0.449 e. The molecule has 0 atom stereocenters. The summed E-state index contributed by atoms with van der Waals surface area (Å²) in [5.41, 5.74) is 5.18. The van der Waals surface area contributed by atoms with Crippen LogP contribution in [0.1, 0.15) is 33.2 Å². The van der Waals surface area contributed by atoms with E-state index < -0.39 is 12.0 Å². The molecule has 0 radical (unpaired) electrons. The Morgan fingerprint density at radius 2 is 1.58 bits per heavy atom.